The summed E-state index contributed by atoms with van der Waals surface area (Å²) in [6, 6.07) is 7.08. The van der Waals surface area contributed by atoms with Gasteiger partial charge in [-0.05, 0) is 18.2 Å². The van der Waals surface area contributed by atoms with Gasteiger partial charge in [-0.1, -0.05) is 71.5 Å². The Morgan fingerprint density at radius 3 is 2.66 bits per heavy atom. The molecule has 0 saturated carbocycles. The first-order chi connectivity index (χ1) is 13.8. The number of hydrogen-bond donors (Lipinski definition) is 1. The molecule has 3 rings (SSSR count). The van der Waals surface area contributed by atoms with Gasteiger partial charge in [0.15, 0.2) is 10.0 Å². The zero-order chi connectivity index (χ0) is 21.0. The second kappa shape index (κ2) is 9.16. The fourth-order valence-electron chi connectivity index (χ4n) is 2.23. The number of benzene rings is 1. The zero-order valence-corrected chi connectivity index (χ0v) is 18.6. The first-order valence-electron chi connectivity index (χ1n) is 8.37. The SMILES string of the molecule is CCSc1nnc(NC(=O)c2nc(S(=O)(=O)Cc3ccc(C)cc3)ncc2Cl)s1. The van der Waals surface area contributed by atoms with Gasteiger partial charge in [0.2, 0.25) is 20.1 Å². The quantitative estimate of drug-likeness (QED) is 0.317. The van der Waals surface area contributed by atoms with Gasteiger partial charge in [0.25, 0.3) is 5.91 Å². The van der Waals surface area contributed by atoms with Gasteiger partial charge in [-0.3, -0.25) is 10.1 Å². The normalized spacial score (nSPS) is 11.4. The van der Waals surface area contributed by atoms with Crippen molar-refractivity contribution in [2.45, 2.75) is 29.1 Å². The number of carbonyl (C=O) groups is 1. The van der Waals surface area contributed by atoms with E-state index in [4.69, 9.17) is 11.6 Å². The molecule has 0 atom stereocenters. The first kappa shape index (κ1) is 21.6. The van der Waals surface area contributed by atoms with Crippen LogP contribution in [0.4, 0.5) is 5.13 Å². The minimum absolute atomic E-state index is 0.0653. The maximum atomic E-state index is 12.7. The average molecular weight is 470 g/mol. The van der Waals surface area contributed by atoms with E-state index in [1.807, 2.05) is 26.0 Å². The van der Waals surface area contributed by atoms with Gasteiger partial charge in [0.05, 0.1) is 17.0 Å². The Hall–Kier alpha value is -2.08. The lowest BCUT2D eigenvalue weighted by atomic mass is 10.2. The van der Waals surface area contributed by atoms with Crippen molar-refractivity contribution in [1.29, 1.82) is 0 Å². The highest BCUT2D eigenvalue weighted by Crippen LogP contribution is 2.26. The third-order valence-electron chi connectivity index (χ3n) is 3.59. The first-order valence-corrected chi connectivity index (χ1v) is 12.2. The smallest absolute Gasteiger partial charge is 0.277 e. The van der Waals surface area contributed by atoms with Gasteiger partial charge in [0.1, 0.15) is 0 Å². The van der Waals surface area contributed by atoms with Crippen molar-refractivity contribution < 1.29 is 13.2 Å². The van der Waals surface area contributed by atoms with Crippen molar-refractivity contribution in [2.75, 3.05) is 11.1 Å². The molecule has 0 fully saturated rings. The summed E-state index contributed by atoms with van der Waals surface area (Å²) in [5.74, 6) is -0.152. The molecule has 0 radical (unpaired) electrons. The van der Waals surface area contributed by atoms with Gasteiger partial charge >= 0.3 is 0 Å². The van der Waals surface area contributed by atoms with E-state index in [1.165, 1.54) is 23.1 Å². The Balaban J connectivity index is 1.82. The van der Waals surface area contributed by atoms with Crippen LogP contribution in [0.3, 0.4) is 0 Å². The molecule has 0 aliphatic heterocycles. The molecule has 2 aromatic heterocycles. The van der Waals surface area contributed by atoms with Crippen LogP contribution in [0.5, 0.6) is 0 Å². The molecule has 1 amide bonds. The molecule has 0 saturated heterocycles. The highest BCUT2D eigenvalue weighted by molar-refractivity contribution is 8.01. The Kier molecular flexibility index (Phi) is 6.83. The zero-order valence-electron chi connectivity index (χ0n) is 15.4. The molecule has 1 aromatic carbocycles. The summed E-state index contributed by atoms with van der Waals surface area (Å²) in [5.41, 5.74) is 1.36. The second-order valence-corrected chi connectivity index (χ2v) is 10.6. The van der Waals surface area contributed by atoms with Crippen LogP contribution in [0.25, 0.3) is 0 Å². The number of amides is 1. The fraction of sp³-hybridized carbons (Fsp3) is 0.235. The third-order valence-corrected chi connectivity index (χ3v) is 7.18. The van der Waals surface area contributed by atoms with Crippen LogP contribution in [0.2, 0.25) is 5.02 Å². The number of thioether (sulfide) groups is 1. The number of aryl methyl sites for hydroxylation is 1. The molecule has 152 valence electrons. The van der Waals surface area contributed by atoms with Crippen molar-refractivity contribution >= 4 is 55.6 Å². The summed E-state index contributed by atoms with van der Waals surface area (Å²) in [6.45, 7) is 3.89. The van der Waals surface area contributed by atoms with E-state index < -0.39 is 20.9 Å². The molecule has 3 aromatic rings. The Morgan fingerprint density at radius 1 is 1.24 bits per heavy atom. The van der Waals surface area contributed by atoms with E-state index in [0.717, 1.165) is 17.5 Å². The number of carbonyl (C=O) groups excluding carboxylic acids is 1. The van der Waals surface area contributed by atoms with Crippen LogP contribution in [-0.4, -0.2) is 40.2 Å². The molecule has 0 aliphatic rings. The molecular formula is C17H16ClN5O3S3. The lowest BCUT2D eigenvalue weighted by Gasteiger charge is -2.07. The Morgan fingerprint density at radius 2 is 1.97 bits per heavy atom. The molecule has 0 aliphatic carbocycles. The third kappa shape index (κ3) is 5.50. The highest BCUT2D eigenvalue weighted by atomic mass is 35.5. The number of anilines is 1. The summed E-state index contributed by atoms with van der Waals surface area (Å²) in [7, 11) is -3.86. The van der Waals surface area contributed by atoms with Gasteiger partial charge in [-0.15, -0.1) is 10.2 Å². The van der Waals surface area contributed by atoms with Crippen molar-refractivity contribution in [2.24, 2.45) is 0 Å². The van der Waals surface area contributed by atoms with Crippen LogP contribution in [0.15, 0.2) is 40.0 Å². The van der Waals surface area contributed by atoms with Gasteiger partial charge in [0, 0.05) is 0 Å². The number of sulfone groups is 1. The summed E-state index contributed by atoms with van der Waals surface area (Å²) >= 11 is 8.72. The number of nitrogens with zero attached hydrogens (tertiary/aromatic N) is 4. The number of halogens is 1. The van der Waals surface area contributed by atoms with Gasteiger partial charge in [-0.25, -0.2) is 18.4 Å². The lowest BCUT2D eigenvalue weighted by molar-refractivity contribution is 0.102. The molecule has 0 spiro atoms. The predicted molar refractivity (Wildman–Crippen MR) is 113 cm³/mol. The highest BCUT2D eigenvalue weighted by Gasteiger charge is 2.23. The van der Waals surface area contributed by atoms with Crippen molar-refractivity contribution in [3.63, 3.8) is 0 Å². The van der Waals surface area contributed by atoms with Crippen LogP contribution in [-0.2, 0) is 15.6 Å². The second-order valence-electron chi connectivity index (χ2n) is 5.85. The molecule has 0 unspecified atom stereocenters. The molecule has 1 N–H and O–H groups in total. The maximum Gasteiger partial charge on any atom is 0.277 e. The number of aromatic nitrogens is 4. The predicted octanol–water partition coefficient (Wildman–Crippen LogP) is 3.63. The maximum absolute atomic E-state index is 12.7. The Labute approximate surface area is 181 Å². The van der Waals surface area contributed by atoms with E-state index in [9.17, 15) is 13.2 Å². The summed E-state index contributed by atoms with van der Waals surface area (Å²) in [4.78, 5) is 20.2. The van der Waals surface area contributed by atoms with E-state index in [-0.39, 0.29) is 21.6 Å². The monoisotopic (exact) mass is 469 g/mol. The van der Waals surface area contributed by atoms with Crippen LogP contribution in [0.1, 0.15) is 28.5 Å². The van der Waals surface area contributed by atoms with Crippen LogP contribution < -0.4 is 5.32 Å². The number of nitrogens with one attached hydrogen (secondary N) is 1. The minimum Gasteiger partial charge on any atom is -0.295 e. The molecule has 29 heavy (non-hydrogen) atoms. The van der Waals surface area contributed by atoms with E-state index in [2.05, 4.69) is 25.5 Å². The van der Waals surface area contributed by atoms with Crippen molar-refractivity contribution in [3.05, 3.63) is 52.3 Å². The molecule has 2 heterocycles. The lowest BCUT2D eigenvalue weighted by Crippen LogP contribution is -2.18. The average Bonchev–Trinajstić information content (AvgIpc) is 3.11. The molecule has 0 bridgehead atoms. The van der Waals surface area contributed by atoms with Gasteiger partial charge < -0.3 is 0 Å². The topological polar surface area (TPSA) is 115 Å². The van der Waals surface area contributed by atoms with Gasteiger partial charge in [-0.2, -0.15) is 0 Å². The standard InChI is InChI=1S/C17H16ClN5O3S3/c1-3-27-17-23-22-15(28-17)21-14(24)13-12(18)8-19-16(20-13)29(25,26)9-11-6-4-10(2)5-7-11/h4-8H,3,9H2,1-2H3,(H,21,22,24). The minimum atomic E-state index is -3.86. The molecular weight excluding hydrogens is 454 g/mol. The summed E-state index contributed by atoms with van der Waals surface area (Å²) < 4.78 is 26.1. The van der Waals surface area contributed by atoms with Crippen molar-refractivity contribution in [1.82, 2.24) is 20.2 Å². The van der Waals surface area contributed by atoms with Crippen LogP contribution in [0, 0.1) is 6.92 Å². The van der Waals surface area contributed by atoms with Crippen LogP contribution >= 0.6 is 34.7 Å². The molecule has 8 nitrogen and oxygen atoms in total. The summed E-state index contributed by atoms with van der Waals surface area (Å²) in [5, 5.41) is 10.1. The largest absolute Gasteiger partial charge is 0.295 e. The Bertz CT molecular complexity index is 1130. The molecule has 12 heteroatoms. The van der Waals surface area contributed by atoms with E-state index in [1.54, 1.807) is 12.1 Å². The number of hydrogen-bond acceptors (Lipinski definition) is 9. The van der Waals surface area contributed by atoms with Crippen molar-refractivity contribution in [3.8, 4) is 0 Å². The number of rotatable bonds is 7. The van der Waals surface area contributed by atoms with E-state index >= 15 is 0 Å². The fourth-order valence-corrected chi connectivity index (χ4v) is 5.25. The van der Waals surface area contributed by atoms with E-state index in [0.29, 0.717) is 9.90 Å². The summed E-state index contributed by atoms with van der Waals surface area (Å²) in [6.07, 6.45) is 1.10.